The molecule has 1 aliphatic rings. The predicted molar refractivity (Wildman–Crippen MR) is 83.6 cm³/mol. The minimum absolute atomic E-state index is 0.0251. The molecule has 3 atom stereocenters. The molecule has 0 spiro atoms. The van der Waals surface area contributed by atoms with Gasteiger partial charge in [0, 0.05) is 12.1 Å². The van der Waals surface area contributed by atoms with Crippen molar-refractivity contribution in [1.82, 2.24) is 0 Å². The third-order valence-electron chi connectivity index (χ3n) is 4.53. The van der Waals surface area contributed by atoms with Crippen LogP contribution in [-0.4, -0.2) is 17.0 Å². The van der Waals surface area contributed by atoms with Crippen molar-refractivity contribution in [2.75, 3.05) is 0 Å². The molecule has 22 heavy (non-hydrogen) atoms. The molecule has 2 rings (SSSR count). The second kappa shape index (κ2) is 6.90. The number of hydrogen-bond donors (Lipinski definition) is 0. The van der Waals surface area contributed by atoms with E-state index in [0.29, 0.717) is 23.3 Å². The third-order valence-corrected chi connectivity index (χ3v) is 4.53. The van der Waals surface area contributed by atoms with E-state index in [-0.39, 0.29) is 17.8 Å². The number of nitro benzene ring substituents is 1. The molecule has 1 aliphatic carbocycles. The Labute approximate surface area is 130 Å². The quantitative estimate of drug-likeness (QED) is 0.474. The van der Waals surface area contributed by atoms with Gasteiger partial charge in [-0.3, -0.25) is 10.1 Å². The van der Waals surface area contributed by atoms with E-state index in [1.807, 2.05) is 0 Å². The topological polar surface area (TPSA) is 69.4 Å². The van der Waals surface area contributed by atoms with Crippen LogP contribution in [0, 0.1) is 27.9 Å². The van der Waals surface area contributed by atoms with Crippen molar-refractivity contribution in [1.29, 1.82) is 0 Å². The van der Waals surface area contributed by atoms with Crippen molar-refractivity contribution >= 4 is 11.7 Å². The van der Waals surface area contributed by atoms with Crippen LogP contribution in [0.15, 0.2) is 24.3 Å². The molecule has 0 radical (unpaired) electrons. The molecule has 120 valence electrons. The summed E-state index contributed by atoms with van der Waals surface area (Å²) in [7, 11) is 0. The monoisotopic (exact) mass is 305 g/mol. The number of esters is 1. The summed E-state index contributed by atoms with van der Waals surface area (Å²) in [5.74, 6) is 1.03. The van der Waals surface area contributed by atoms with Crippen molar-refractivity contribution in [3.05, 3.63) is 39.9 Å². The predicted octanol–water partition coefficient (Wildman–Crippen LogP) is 4.21. The molecule has 1 aromatic carbocycles. The lowest BCUT2D eigenvalue weighted by atomic mass is 9.75. The van der Waals surface area contributed by atoms with E-state index in [4.69, 9.17) is 4.74 Å². The Kier molecular flexibility index (Phi) is 5.16. The minimum atomic E-state index is -0.479. The maximum absolute atomic E-state index is 12.3. The number of nitro groups is 1. The summed E-state index contributed by atoms with van der Waals surface area (Å²) in [6.45, 7) is 6.50. The first-order chi connectivity index (χ1) is 10.4. The normalized spacial score (nSPS) is 25.0. The van der Waals surface area contributed by atoms with E-state index in [9.17, 15) is 14.9 Å². The molecule has 0 unspecified atom stereocenters. The average molecular weight is 305 g/mol. The van der Waals surface area contributed by atoms with Gasteiger partial charge < -0.3 is 4.74 Å². The van der Waals surface area contributed by atoms with Crippen molar-refractivity contribution < 1.29 is 14.5 Å². The van der Waals surface area contributed by atoms with Crippen LogP contribution in [-0.2, 0) is 4.74 Å². The first-order valence-electron chi connectivity index (χ1n) is 7.84. The highest BCUT2D eigenvalue weighted by Crippen LogP contribution is 2.35. The van der Waals surface area contributed by atoms with Crippen molar-refractivity contribution in [3.8, 4) is 0 Å². The molecule has 5 heteroatoms. The van der Waals surface area contributed by atoms with Crippen LogP contribution in [0.5, 0.6) is 0 Å². The lowest BCUT2D eigenvalue weighted by Gasteiger charge is -2.36. The Morgan fingerprint density at radius 3 is 2.45 bits per heavy atom. The SMILES string of the molecule is CC(C)[C@@H]1CC[C@@H](C)C[C@@H]1OC(=O)c1ccc([N+](=O)[O-])cc1. The number of rotatable bonds is 4. The van der Waals surface area contributed by atoms with Crippen LogP contribution in [0.3, 0.4) is 0 Å². The standard InChI is InChI=1S/C17H23NO4/c1-11(2)15-9-4-12(3)10-16(15)22-17(19)13-5-7-14(8-6-13)18(20)21/h5-8,11-12,15-16H,4,9-10H2,1-3H3/t12-,15+,16+/m1/s1. The Morgan fingerprint density at radius 1 is 1.27 bits per heavy atom. The lowest BCUT2D eigenvalue weighted by molar-refractivity contribution is -0.384. The van der Waals surface area contributed by atoms with Gasteiger partial charge in [-0.1, -0.05) is 27.2 Å². The second-order valence-electron chi connectivity index (χ2n) is 6.57. The summed E-state index contributed by atoms with van der Waals surface area (Å²) in [5, 5.41) is 10.6. The van der Waals surface area contributed by atoms with E-state index < -0.39 is 4.92 Å². The number of non-ortho nitro benzene ring substituents is 1. The molecule has 0 aliphatic heterocycles. The molecule has 0 N–H and O–H groups in total. The van der Waals surface area contributed by atoms with E-state index in [2.05, 4.69) is 20.8 Å². The molecule has 0 amide bonds. The maximum Gasteiger partial charge on any atom is 0.338 e. The van der Waals surface area contributed by atoms with E-state index in [0.717, 1.165) is 12.8 Å². The fourth-order valence-corrected chi connectivity index (χ4v) is 3.17. The first kappa shape index (κ1) is 16.5. The second-order valence-corrected chi connectivity index (χ2v) is 6.57. The van der Waals surface area contributed by atoms with Crippen LogP contribution in [0.2, 0.25) is 0 Å². The van der Waals surface area contributed by atoms with Crippen LogP contribution in [0.4, 0.5) is 5.69 Å². The zero-order valence-electron chi connectivity index (χ0n) is 13.3. The third kappa shape index (κ3) is 3.84. The molecule has 0 saturated heterocycles. The molecule has 0 bridgehead atoms. The largest absolute Gasteiger partial charge is 0.458 e. The molecule has 1 saturated carbocycles. The number of carbonyl (C=O) groups excluding carboxylic acids is 1. The first-order valence-corrected chi connectivity index (χ1v) is 7.84. The highest BCUT2D eigenvalue weighted by Gasteiger charge is 2.33. The van der Waals surface area contributed by atoms with Gasteiger partial charge in [-0.05, 0) is 42.7 Å². The summed E-state index contributed by atoms with van der Waals surface area (Å²) in [5.41, 5.74) is 0.342. The zero-order chi connectivity index (χ0) is 16.3. The Bertz CT molecular complexity index is 538. The molecule has 0 aromatic heterocycles. The number of benzene rings is 1. The summed E-state index contributed by atoms with van der Waals surface area (Å²) in [4.78, 5) is 22.4. The average Bonchev–Trinajstić information content (AvgIpc) is 2.47. The number of ether oxygens (including phenoxy) is 1. The van der Waals surface area contributed by atoms with Crippen molar-refractivity contribution in [2.45, 2.75) is 46.1 Å². The van der Waals surface area contributed by atoms with Gasteiger partial charge in [-0.2, -0.15) is 0 Å². The molecular weight excluding hydrogens is 282 g/mol. The summed E-state index contributed by atoms with van der Waals surface area (Å²) < 4.78 is 5.71. The smallest absolute Gasteiger partial charge is 0.338 e. The Balaban J connectivity index is 2.07. The van der Waals surface area contributed by atoms with Gasteiger partial charge in [-0.25, -0.2) is 4.79 Å². The van der Waals surface area contributed by atoms with Crippen LogP contribution in [0.1, 0.15) is 50.4 Å². The number of carbonyl (C=O) groups is 1. The van der Waals surface area contributed by atoms with Gasteiger partial charge in [0.1, 0.15) is 6.10 Å². The summed E-state index contributed by atoms with van der Waals surface area (Å²) in [6, 6.07) is 5.58. The lowest BCUT2D eigenvalue weighted by Crippen LogP contribution is -2.35. The van der Waals surface area contributed by atoms with Gasteiger partial charge in [0.05, 0.1) is 10.5 Å². The van der Waals surface area contributed by atoms with Crippen molar-refractivity contribution in [2.24, 2.45) is 17.8 Å². The molecule has 1 aromatic rings. The van der Waals surface area contributed by atoms with Crippen molar-refractivity contribution in [3.63, 3.8) is 0 Å². The van der Waals surface area contributed by atoms with Gasteiger partial charge in [-0.15, -0.1) is 0 Å². The number of hydrogen-bond acceptors (Lipinski definition) is 4. The molecular formula is C17H23NO4. The molecule has 0 heterocycles. The number of nitrogens with zero attached hydrogens (tertiary/aromatic N) is 1. The highest BCUT2D eigenvalue weighted by atomic mass is 16.6. The van der Waals surface area contributed by atoms with E-state index >= 15 is 0 Å². The van der Waals surface area contributed by atoms with Crippen LogP contribution in [0.25, 0.3) is 0 Å². The Morgan fingerprint density at radius 2 is 1.91 bits per heavy atom. The Hall–Kier alpha value is -1.91. The fraction of sp³-hybridized carbons (Fsp3) is 0.588. The van der Waals surface area contributed by atoms with Crippen LogP contribution >= 0.6 is 0 Å². The van der Waals surface area contributed by atoms with Gasteiger partial charge in [0.15, 0.2) is 0 Å². The summed E-state index contributed by atoms with van der Waals surface area (Å²) in [6.07, 6.45) is 3.08. The fourth-order valence-electron chi connectivity index (χ4n) is 3.17. The highest BCUT2D eigenvalue weighted by molar-refractivity contribution is 5.89. The van der Waals surface area contributed by atoms with Gasteiger partial charge >= 0.3 is 5.97 Å². The molecule has 1 fully saturated rings. The molecule has 5 nitrogen and oxygen atoms in total. The maximum atomic E-state index is 12.3. The minimum Gasteiger partial charge on any atom is -0.458 e. The van der Waals surface area contributed by atoms with Gasteiger partial charge in [0.25, 0.3) is 5.69 Å². The summed E-state index contributed by atoms with van der Waals surface area (Å²) >= 11 is 0. The van der Waals surface area contributed by atoms with Crippen LogP contribution < -0.4 is 0 Å². The van der Waals surface area contributed by atoms with E-state index in [1.54, 1.807) is 0 Å². The van der Waals surface area contributed by atoms with Gasteiger partial charge in [0.2, 0.25) is 0 Å². The zero-order valence-corrected chi connectivity index (χ0v) is 13.3. The van der Waals surface area contributed by atoms with E-state index in [1.165, 1.54) is 30.7 Å².